The lowest BCUT2D eigenvalue weighted by Crippen LogP contribution is -2.43. The minimum Gasteiger partial charge on any atom is -0.497 e. The van der Waals surface area contributed by atoms with Crippen LogP contribution in [0, 0.1) is 0 Å². The van der Waals surface area contributed by atoms with Crippen molar-refractivity contribution in [1.82, 2.24) is 14.9 Å². The maximum Gasteiger partial charge on any atom is 0.274 e. The van der Waals surface area contributed by atoms with Crippen molar-refractivity contribution in [3.05, 3.63) is 88.1 Å². The van der Waals surface area contributed by atoms with Crippen LogP contribution in [0.2, 0.25) is 0 Å². The summed E-state index contributed by atoms with van der Waals surface area (Å²) >= 11 is 0. The van der Waals surface area contributed by atoms with Gasteiger partial charge in [0, 0.05) is 18.4 Å². The molecule has 0 aliphatic carbocycles. The molecule has 3 heterocycles. The molecule has 1 aromatic heterocycles. The van der Waals surface area contributed by atoms with E-state index < -0.39 is 11.5 Å². The predicted molar refractivity (Wildman–Crippen MR) is 113 cm³/mol. The number of nitrogens with zero attached hydrogens (tertiary/aromatic N) is 2. The van der Waals surface area contributed by atoms with E-state index in [-0.39, 0.29) is 23.1 Å². The Morgan fingerprint density at radius 1 is 1.19 bits per heavy atom. The van der Waals surface area contributed by atoms with Gasteiger partial charge in [-0.15, -0.1) is 0 Å². The number of amides is 2. The molecule has 2 atom stereocenters. The highest BCUT2D eigenvalue weighted by Gasteiger charge is 2.59. The number of rotatable bonds is 3. The minimum atomic E-state index is -0.930. The fraction of sp³-hybridized carbons (Fsp3) is 0.217. The molecule has 1 saturated heterocycles. The van der Waals surface area contributed by atoms with Crippen molar-refractivity contribution in [2.75, 3.05) is 19.0 Å². The van der Waals surface area contributed by atoms with Crippen LogP contribution in [0.25, 0.3) is 0 Å². The molecule has 2 N–H and O–H groups in total. The third-order valence-electron chi connectivity index (χ3n) is 6.15. The second kappa shape index (κ2) is 7.09. The van der Waals surface area contributed by atoms with Gasteiger partial charge in [0.1, 0.15) is 16.9 Å². The topological polar surface area (TPSA) is 104 Å². The number of aromatic nitrogens is 2. The third kappa shape index (κ3) is 2.83. The fourth-order valence-corrected chi connectivity index (χ4v) is 4.79. The number of carbonyl (C=O) groups is 2. The number of nitrogens with one attached hydrogen (secondary N) is 2. The average Bonchev–Trinajstić information content (AvgIpc) is 3.33. The van der Waals surface area contributed by atoms with Crippen LogP contribution in [0.3, 0.4) is 0 Å². The van der Waals surface area contributed by atoms with E-state index in [1.165, 1.54) is 6.20 Å². The largest absolute Gasteiger partial charge is 0.497 e. The van der Waals surface area contributed by atoms with E-state index in [1.54, 1.807) is 12.0 Å². The average molecular weight is 416 g/mol. The quantitative estimate of drug-likeness (QED) is 0.682. The van der Waals surface area contributed by atoms with Crippen LogP contribution in [0.1, 0.15) is 34.1 Å². The van der Waals surface area contributed by atoms with Crippen molar-refractivity contribution in [2.45, 2.75) is 17.9 Å². The van der Waals surface area contributed by atoms with Gasteiger partial charge in [-0.25, -0.2) is 4.98 Å². The number of aromatic amines is 1. The van der Waals surface area contributed by atoms with Gasteiger partial charge in [0.25, 0.3) is 11.5 Å². The molecule has 2 aromatic carbocycles. The molecule has 1 fully saturated rings. The molecular weight excluding hydrogens is 396 g/mol. The number of hydrogen-bond donors (Lipinski definition) is 2. The van der Waals surface area contributed by atoms with Crippen LogP contribution in [-0.2, 0) is 10.2 Å². The monoisotopic (exact) mass is 416 g/mol. The van der Waals surface area contributed by atoms with Gasteiger partial charge in [-0.05, 0) is 35.7 Å². The number of ether oxygens (including phenoxy) is 1. The standard InChI is InChI=1S/C23H20N4O4/c1-31-15-6-4-5-14(11-15)20-23(16-7-2-3-8-17(16)26-22(23)30)9-10-27(20)21(29)18-12-25-19(28)13-24-18/h2-8,11-13,20H,9-10H2,1H3,(H,25,28)(H,26,30)/t20-,23+/m0/s1. The normalized spacial score (nSPS) is 21.8. The molecule has 8 nitrogen and oxygen atoms in total. The number of likely N-dealkylation sites (tertiary alicyclic amines) is 1. The molecule has 2 amide bonds. The Kier molecular flexibility index (Phi) is 4.35. The second-order valence-corrected chi connectivity index (χ2v) is 7.70. The Balaban J connectivity index is 1.68. The summed E-state index contributed by atoms with van der Waals surface area (Å²) in [4.78, 5) is 46.4. The zero-order chi connectivity index (χ0) is 21.6. The zero-order valence-electron chi connectivity index (χ0n) is 16.8. The van der Waals surface area contributed by atoms with Crippen molar-refractivity contribution >= 4 is 17.5 Å². The van der Waals surface area contributed by atoms with Crippen molar-refractivity contribution in [2.24, 2.45) is 0 Å². The van der Waals surface area contributed by atoms with Crippen molar-refractivity contribution in [1.29, 1.82) is 0 Å². The van der Waals surface area contributed by atoms with Gasteiger partial charge in [0.15, 0.2) is 0 Å². The summed E-state index contributed by atoms with van der Waals surface area (Å²) in [5.41, 5.74) is 1.23. The molecule has 2 aliphatic heterocycles. The van der Waals surface area contributed by atoms with E-state index in [0.717, 1.165) is 23.0 Å². The molecule has 31 heavy (non-hydrogen) atoms. The van der Waals surface area contributed by atoms with Gasteiger partial charge in [0.2, 0.25) is 5.91 Å². The zero-order valence-corrected chi connectivity index (χ0v) is 16.8. The molecule has 3 aromatic rings. The first kappa shape index (κ1) is 19.0. The smallest absolute Gasteiger partial charge is 0.274 e. The Bertz CT molecular complexity index is 1230. The number of hydrogen-bond acceptors (Lipinski definition) is 5. The van der Waals surface area contributed by atoms with Gasteiger partial charge >= 0.3 is 0 Å². The SMILES string of the molecule is COc1cccc([C@@H]2N(C(=O)c3c[nH]c(=O)cn3)CC[C@]23C(=O)Nc2ccccc23)c1. The Morgan fingerprint density at radius 3 is 2.81 bits per heavy atom. The van der Waals surface area contributed by atoms with Gasteiger partial charge in [0.05, 0.1) is 19.3 Å². The highest BCUT2D eigenvalue weighted by atomic mass is 16.5. The third-order valence-corrected chi connectivity index (χ3v) is 6.15. The molecule has 0 radical (unpaired) electrons. The predicted octanol–water partition coefficient (Wildman–Crippen LogP) is 2.26. The Labute approximate surface area is 177 Å². The number of para-hydroxylation sites is 1. The van der Waals surface area contributed by atoms with Crippen LogP contribution in [0.15, 0.2) is 65.7 Å². The van der Waals surface area contributed by atoms with Crippen LogP contribution in [-0.4, -0.2) is 40.3 Å². The number of carbonyl (C=O) groups excluding carboxylic acids is 2. The van der Waals surface area contributed by atoms with Crippen LogP contribution in [0.4, 0.5) is 5.69 Å². The van der Waals surface area contributed by atoms with Crippen LogP contribution >= 0.6 is 0 Å². The van der Waals surface area contributed by atoms with E-state index in [9.17, 15) is 14.4 Å². The van der Waals surface area contributed by atoms with Gasteiger partial charge in [-0.2, -0.15) is 0 Å². The molecule has 0 saturated carbocycles. The van der Waals surface area contributed by atoms with Gasteiger partial charge in [-0.3, -0.25) is 14.4 Å². The summed E-state index contributed by atoms with van der Waals surface area (Å²) in [6, 6.07) is 14.4. The minimum absolute atomic E-state index is 0.122. The summed E-state index contributed by atoms with van der Waals surface area (Å²) < 4.78 is 5.40. The molecule has 0 unspecified atom stereocenters. The summed E-state index contributed by atoms with van der Waals surface area (Å²) in [5.74, 6) is 0.158. The lowest BCUT2D eigenvalue weighted by atomic mass is 9.72. The Hall–Kier alpha value is -3.94. The lowest BCUT2D eigenvalue weighted by molar-refractivity contribution is -0.121. The van der Waals surface area contributed by atoms with E-state index in [0.29, 0.717) is 18.7 Å². The highest BCUT2D eigenvalue weighted by molar-refractivity contribution is 6.08. The first-order valence-electron chi connectivity index (χ1n) is 9.95. The van der Waals surface area contributed by atoms with Crippen molar-refractivity contribution in [3.63, 3.8) is 0 Å². The molecule has 8 heteroatoms. The summed E-state index contributed by atoms with van der Waals surface area (Å²) in [6.07, 6.45) is 2.85. The van der Waals surface area contributed by atoms with Crippen LogP contribution < -0.4 is 15.6 Å². The van der Waals surface area contributed by atoms with E-state index in [2.05, 4.69) is 15.3 Å². The summed E-state index contributed by atoms with van der Waals surface area (Å²) in [7, 11) is 1.58. The second-order valence-electron chi connectivity index (χ2n) is 7.70. The van der Waals surface area contributed by atoms with E-state index >= 15 is 0 Å². The van der Waals surface area contributed by atoms with Gasteiger partial charge < -0.3 is 19.9 Å². The maximum absolute atomic E-state index is 13.4. The molecule has 2 aliphatic rings. The number of H-pyrrole nitrogens is 1. The van der Waals surface area contributed by atoms with E-state index in [4.69, 9.17) is 4.74 Å². The maximum atomic E-state index is 13.4. The fourth-order valence-electron chi connectivity index (χ4n) is 4.79. The molecule has 156 valence electrons. The van der Waals surface area contributed by atoms with Crippen LogP contribution in [0.5, 0.6) is 5.75 Å². The molecule has 0 bridgehead atoms. The lowest BCUT2D eigenvalue weighted by Gasteiger charge is -2.34. The van der Waals surface area contributed by atoms with E-state index in [1.807, 2.05) is 48.5 Å². The summed E-state index contributed by atoms with van der Waals surface area (Å²) in [5, 5.41) is 2.99. The van der Waals surface area contributed by atoms with Crippen molar-refractivity contribution in [3.8, 4) is 5.75 Å². The number of fused-ring (bicyclic) bond motifs is 2. The first-order valence-corrected chi connectivity index (χ1v) is 9.95. The highest BCUT2D eigenvalue weighted by Crippen LogP contribution is 2.55. The van der Waals surface area contributed by atoms with Crippen molar-refractivity contribution < 1.29 is 14.3 Å². The van der Waals surface area contributed by atoms with Gasteiger partial charge in [-0.1, -0.05) is 30.3 Å². The number of methoxy groups -OCH3 is 1. The number of benzene rings is 2. The first-order chi connectivity index (χ1) is 15.0. The molecule has 5 rings (SSSR count). The molecular formula is C23H20N4O4. The molecule has 1 spiro atoms. The Morgan fingerprint density at radius 2 is 2.03 bits per heavy atom. The number of anilines is 1. The summed E-state index contributed by atoms with van der Waals surface area (Å²) in [6.45, 7) is 0.364.